The molecule has 0 radical (unpaired) electrons. The van der Waals surface area contributed by atoms with Gasteiger partial charge in [-0.3, -0.25) is 0 Å². The lowest BCUT2D eigenvalue weighted by Crippen LogP contribution is -2.34. The number of ether oxygens (including phenoxy) is 2. The maximum atomic E-state index is 12.3. The summed E-state index contributed by atoms with van der Waals surface area (Å²) in [5.41, 5.74) is 2.76. The van der Waals surface area contributed by atoms with Crippen molar-refractivity contribution in [3.05, 3.63) is 144 Å². The van der Waals surface area contributed by atoms with Gasteiger partial charge in [0, 0.05) is 0 Å². The summed E-state index contributed by atoms with van der Waals surface area (Å²) in [6, 6.07) is 39.4. The highest BCUT2D eigenvalue weighted by molar-refractivity contribution is 5.89. The van der Waals surface area contributed by atoms with E-state index in [-0.39, 0.29) is 19.2 Å². The van der Waals surface area contributed by atoms with E-state index in [4.69, 9.17) is 9.47 Å². The number of hydrogen-bond donors (Lipinski definition) is 0. The smallest absolute Gasteiger partial charge is 0.338 e. The predicted molar refractivity (Wildman–Crippen MR) is 122 cm³/mol. The Kier molecular flexibility index (Phi) is 6.56. The van der Waals surface area contributed by atoms with Crippen LogP contribution in [-0.4, -0.2) is 19.2 Å². The maximum absolute atomic E-state index is 12.3. The number of rotatable bonds is 8. The molecular formula is C28H24O3. The Bertz CT molecular complexity index is 982. The van der Waals surface area contributed by atoms with Gasteiger partial charge in [0.2, 0.25) is 0 Å². The van der Waals surface area contributed by atoms with E-state index in [1.807, 2.05) is 72.8 Å². The number of benzene rings is 4. The molecule has 0 aliphatic rings. The third kappa shape index (κ3) is 4.57. The number of carbonyl (C=O) groups is 1. The molecular weight excluding hydrogens is 384 g/mol. The highest BCUT2D eigenvalue weighted by Gasteiger charge is 2.37. The molecule has 0 saturated carbocycles. The second kappa shape index (κ2) is 9.88. The summed E-state index contributed by atoms with van der Waals surface area (Å²) in [6.07, 6.45) is 0. The van der Waals surface area contributed by atoms with Crippen molar-refractivity contribution >= 4 is 5.97 Å². The average Bonchev–Trinajstić information content (AvgIpc) is 2.86. The molecule has 0 bridgehead atoms. The van der Waals surface area contributed by atoms with Crippen LogP contribution in [0.3, 0.4) is 0 Å². The van der Waals surface area contributed by atoms with E-state index in [2.05, 4.69) is 36.4 Å². The Hall–Kier alpha value is -3.69. The molecule has 0 aliphatic carbocycles. The third-order valence-electron chi connectivity index (χ3n) is 5.19. The van der Waals surface area contributed by atoms with E-state index in [1.54, 1.807) is 12.1 Å². The quantitative estimate of drug-likeness (QED) is 0.208. The molecule has 0 spiro atoms. The molecule has 0 aliphatic heterocycles. The topological polar surface area (TPSA) is 35.5 Å². The van der Waals surface area contributed by atoms with Gasteiger partial charge in [0.1, 0.15) is 12.2 Å². The Morgan fingerprint density at radius 1 is 0.548 bits per heavy atom. The lowest BCUT2D eigenvalue weighted by Gasteiger charge is -2.35. The average molecular weight is 408 g/mol. The van der Waals surface area contributed by atoms with Gasteiger partial charge in [-0.15, -0.1) is 0 Å². The van der Waals surface area contributed by atoms with Gasteiger partial charge in [0.25, 0.3) is 0 Å². The first-order valence-electron chi connectivity index (χ1n) is 10.3. The van der Waals surface area contributed by atoms with Crippen molar-refractivity contribution in [1.82, 2.24) is 0 Å². The molecule has 0 N–H and O–H groups in total. The fourth-order valence-electron chi connectivity index (χ4n) is 3.76. The number of esters is 1. The van der Waals surface area contributed by atoms with E-state index < -0.39 is 5.60 Å². The molecule has 0 fully saturated rings. The van der Waals surface area contributed by atoms with Crippen LogP contribution in [0.15, 0.2) is 121 Å². The minimum atomic E-state index is -0.817. The van der Waals surface area contributed by atoms with Crippen LogP contribution in [0.1, 0.15) is 27.0 Å². The molecule has 3 nitrogen and oxygen atoms in total. The van der Waals surface area contributed by atoms with Crippen LogP contribution in [0, 0.1) is 0 Å². The second-order valence-electron chi connectivity index (χ2n) is 7.13. The van der Waals surface area contributed by atoms with Crippen LogP contribution in [0.25, 0.3) is 0 Å². The van der Waals surface area contributed by atoms with Gasteiger partial charge in [-0.2, -0.15) is 0 Å². The summed E-state index contributed by atoms with van der Waals surface area (Å²) < 4.78 is 12.1. The first-order valence-corrected chi connectivity index (χ1v) is 10.3. The fourth-order valence-corrected chi connectivity index (χ4v) is 3.76. The van der Waals surface area contributed by atoms with Crippen molar-refractivity contribution in [1.29, 1.82) is 0 Å². The largest absolute Gasteiger partial charge is 0.460 e. The van der Waals surface area contributed by atoms with Gasteiger partial charge in [0.15, 0.2) is 0 Å². The van der Waals surface area contributed by atoms with Gasteiger partial charge < -0.3 is 9.47 Å². The lowest BCUT2D eigenvalue weighted by molar-refractivity contribution is -0.0172. The van der Waals surface area contributed by atoms with Crippen LogP contribution < -0.4 is 0 Å². The van der Waals surface area contributed by atoms with Gasteiger partial charge in [0.05, 0.1) is 12.2 Å². The summed E-state index contributed by atoms with van der Waals surface area (Å²) in [6.45, 7) is 0.402. The maximum Gasteiger partial charge on any atom is 0.338 e. The molecule has 0 unspecified atom stereocenters. The van der Waals surface area contributed by atoms with Crippen LogP contribution in [0.2, 0.25) is 0 Å². The highest BCUT2D eigenvalue weighted by Crippen LogP contribution is 2.40. The molecule has 3 heteroatoms. The SMILES string of the molecule is O=C(OCCOC(c1ccccc1)(c1ccccc1)c1ccccc1)c1ccccc1. The standard InChI is InChI=1S/C28H24O3/c29-27(23-13-5-1-6-14-23)30-21-22-31-28(24-15-7-2-8-16-24,25-17-9-3-10-18-25)26-19-11-4-12-20-26/h1-20H,21-22H2. The zero-order chi connectivity index (χ0) is 21.4. The molecule has 0 atom stereocenters. The Morgan fingerprint density at radius 3 is 1.35 bits per heavy atom. The van der Waals surface area contributed by atoms with Crippen molar-refractivity contribution in [2.24, 2.45) is 0 Å². The van der Waals surface area contributed by atoms with Crippen molar-refractivity contribution in [2.75, 3.05) is 13.2 Å². The minimum Gasteiger partial charge on any atom is -0.460 e. The van der Waals surface area contributed by atoms with Crippen LogP contribution in [-0.2, 0) is 15.1 Å². The van der Waals surface area contributed by atoms with E-state index in [9.17, 15) is 4.79 Å². The number of carbonyl (C=O) groups excluding carboxylic acids is 1. The number of hydrogen-bond acceptors (Lipinski definition) is 3. The van der Waals surface area contributed by atoms with Crippen LogP contribution in [0.5, 0.6) is 0 Å². The lowest BCUT2D eigenvalue weighted by atomic mass is 9.80. The zero-order valence-electron chi connectivity index (χ0n) is 17.2. The van der Waals surface area contributed by atoms with Gasteiger partial charge in [-0.05, 0) is 28.8 Å². The van der Waals surface area contributed by atoms with Crippen molar-refractivity contribution in [3.8, 4) is 0 Å². The minimum absolute atomic E-state index is 0.155. The normalized spacial score (nSPS) is 11.1. The Balaban J connectivity index is 1.63. The van der Waals surface area contributed by atoms with E-state index in [1.165, 1.54) is 0 Å². The highest BCUT2D eigenvalue weighted by atomic mass is 16.6. The second-order valence-corrected chi connectivity index (χ2v) is 7.13. The van der Waals surface area contributed by atoms with E-state index >= 15 is 0 Å². The molecule has 0 heterocycles. The Morgan fingerprint density at radius 2 is 0.935 bits per heavy atom. The van der Waals surface area contributed by atoms with E-state index in [0.717, 1.165) is 16.7 Å². The summed E-state index contributed by atoms with van der Waals surface area (Å²) in [7, 11) is 0. The van der Waals surface area contributed by atoms with Crippen molar-refractivity contribution in [3.63, 3.8) is 0 Å². The van der Waals surface area contributed by atoms with Gasteiger partial charge >= 0.3 is 5.97 Å². The fraction of sp³-hybridized carbons (Fsp3) is 0.107. The first kappa shape index (κ1) is 20.6. The Labute approximate surface area is 182 Å². The molecule has 4 aromatic rings. The molecule has 0 amide bonds. The van der Waals surface area contributed by atoms with Crippen LogP contribution in [0.4, 0.5) is 0 Å². The van der Waals surface area contributed by atoms with Crippen molar-refractivity contribution in [2.45, 2.75) is 5.60 Å². The predicted octanol–water partition coefficient (Wildman–Crippen LogP) is 5.85. The third-order valence-corrected chi connectivity index (χ3v) is 5.19. The summed E-state index contributed by atoms with van der Waals surface area (Å²) in [4.78, 5) is 12.3. The zero-order valence-corrected chi connectivity index (χ0v) is 17.2. The molecule has 154 valence electrons. The van der Waals surface area contributed by atoms with Crippen LogP contribution >= 0.6 is 0 Å². The summed E-state index contributed by atoms with van der Waals surface area (Å²) in [5.74, 6) is -0.353. The molecule has 31 heavy (non-hydrogen) atoms. The molecule has 0 aromatic heterocycles. The monoisotopic (exact) mass is 408 g/mol. The van der Waals surface area contributed by atoms with E-state index in [0.29, 0.717) is 5.56 Å². The van der Waals surface area contributed by atoms with Gasteiger partial charge in [-0.1, -0.05) is 109 Å². The van der Waals surface area contributed by atoms with Gasteiger partial charge in [-0.25, -0.2) is 4.79 Å². The summed E-state index contributed by atoms with van der Waals surface area (Å²) in [5, 5.41) is 0. The molecule has 4 aromatic carbocycles. The first-order chi connectivity index (χ1) is 15.3. The van der Waals surface area contributed by atoms with Crippen molar-refractivity contribution < 1.29 is 14.3 Å². The molecule has 0 saturated heterocycles. The molecule has 4 rings (SSSR count). The summed E-state index contributed by atoms with van der Waals surface area (Å²) >= 11 is 0.